The van der Waals surface area contributed by atoms with Crippen LogP contribution in [0.1, 0.15) is 97.3 Å². The van der Waals surface area contributed by atoms with Crippen molar-refractivity contribution in [2.45, 2.75) is 110 Å². The lowest BCUT2D eigenvalue weighted by atomic mass is 10.0. The summed E-state index contributed by atoms with van der Waals surface area (Å²) in [6.07, 6.45) is 16.9. The molecule has 0 aromatic heterocycles. The minimum Gasteiger partial charge on any atom is -0.394 e. The Kier molecular flexibility index (Phi) is 17.1. The van der Waals surface area contributed by atoms with Gasteiger partial charge in [-0.05, 0) is 13.3 Å². The molecule has 0 heterocycles. The van der Waals surface area contributed by atoms with Crippen molar-refractivity contribution in [1.82, 2.24) is 0 Å². The molecule has 0 aromatic carbocycles. The first-order valence-corrected chi connectivity index (χ1v) is 9.61. The molecule has 3 heteroatoms. The summed E-state index contributed by atoms with van der Waals surface area (Å²) in [4.78, 5) is 0. The van der Waals surface area contributed by atoms with Gasteiger partial charge in [-0.3, -0.25) is 0 Å². The van der Waals surface area contributed by atoms with Crippen LogP contribution in [0.3, 0.4) is 0 Å². The third-order valence-corrected chi connectivity index (χ3v) is 4.25. The number of aliphatic hydroxyl groups excluding tert-OH is 2. The molecule has 2 N–H and O–H groups in total. The summed E-state index contributed by atoms with van der Waals surface area (Å²) in [6, 6.07) is 0. The molecule has 0 aromatic rings. The van der Waals surface area contributed by atoms with Crippen LogP contribution in [0.5, 0.6) is 0 Å². The lowest BCUT2D eigenvalue weighted by Gasteiger charge is -2.15. The van der Waals surface area contributed by atoms with Crippen molar-refractivity contribution in [3.63, 3.8) is 0 Å². The Hall–Kier alpha value is -0.120. The van der Waals surface area contributed by atoms with Gasteiger partial charge in [0.15, 0.2) is 0 Å². The zero-order valence-corrected chi connectivity index (χ0v) is 15.1. The van der Waals surface area contributed by atoms with E-state index in [1.807, 2.05) is 6.92 Å². The average Bonchev–Trinajstić information content (AvgIpc) is 2.53. The van der Waals surface area contributed by atoms with Gasteiger partial charge in [-0.25, -0.2) is 0 Å². The van der Waals surface area contributed by atoms with Crippen LogP contribution >= 0.6 is 0 Å². The molecule has 2 atom stereocenters. The zero-order chi connectivity index (χ0) is 16.5. The third-order valence-electron chi connectivity index (χ3n) is 4.25. The van der Waals surface area contributed by atoms with Crippen molar-refractivity contribution in [1.29, 1.82) is 0 Å². The summed E-state index contributed by atoms with van der Waals surface area (Å²) < 4.78 is 5.48. The molecule has 0 aliphatic heterocycles. The third kappa shape index (κ3) is 16.3. The molecule has 0 saturated heterocycles. The number of hydrogen-bond acceptors (Lipinski definition) is 3. The molecule has 1 unspecified atom stereocenters. The maximum absolute atomic E-state index is 9.20. The van der Waals surface area contributed by atoms with Crippen molar-refractivity contribution in [3.8, 4) is 0 Å². The van der Waals surface area contributed by atoms with Crippen LogP contribution in [0.4, 0.5) is 0 Å². The summed E-state index contributed by atoms with van der Waals surface area (Å²) in [6.45, 7) is 4.34. The Morgan fingerprint density at radius 3 is 1.68 bits per heavy atom. The Balaban J connectivity index is 3.13. The van der Waals surface area contributed by atoms with Gasteiger partial charge in [0.25, 0.3) is 0 Å². The van der Waals surface area contributed by atoms with Crippen LogP contribution in [0.2, 0.25) is 0 Å². The van der Waals surface area contributed by atoms with Gasteiger partial charge in [0.05, 0.1) is 19.3 Å². The summed E-state index contributed by atoms with van der Waals surface area (Å²) in [7, 11) is 0. The minimum atomic E-state index is -0.732. The first-order valence-electron chi connectivity index (χ1n) is 9.61. The minimum absolute atomic E-state index is 0.185. The number of hydrogen-bond donors (Lipinski definition) is 2. The zero-order valence-electron chi connectivity index (χ0n) is 15.1. The predicted octanol–water partition coefficient (Wildman–Crippen LogP) is 4.84. The summed E-state index contributed by atoms with van der Waals surface area (Å²) in [5.74, 6) is 0. The van der Waals surface area contributed by atoms with Gasteiger partial charge in [-0.15, -0.1) is 0 Å². The lowest BCUT2D eigenvalue weighted by molar-refractivity contribution is -0.0254. The topological polar surface area (TPSA) is 49.7 Å². The van der Waals surface area contributed by atoms with Gasteiger partial charge in [-0.1, -0.05) is 84.0 Å². The fraction of sp³-hybridized carbons (Fsp3) is 1.00. The maximum Gasteiger partial charge on any atom is 0.100 e. The molecular formula is C19H40O3. The van der Waals surface area contributed by atoms with E-state index in [0.717, 1.165) is 6.42 Å². The van der Waals surface area contributed by atoms with Gasteiger partial charge in [0.2, 0.25) is 0 Å². The smallest absolute Gasteiger partial charge is 0.100 e. The molecule has 3 nitrogen and oxygen atoms in total. The van der Waals surface area contributed by atoms with E-state index in [2.05, 4.69) is 6.92 Å². The second kappa shape index (κ2) is 17.2. The van der Waals surface area contributed by atoms with Gasteiger partial charge in [0.1, 0.15) is 6.10 Å². The number of aliphatic hydroxyl groups is 2. The molecule has 0 rings (SSSR count). The maximum atomic E-state index is 9.20. The van der Waals surface area contributed by atoms with E-state index >= 15 is 0 Å². The van der Waals surface area contributed by atoms with Crippen LogP contribution in [-0.4, -0.2) is 35.6 Å². The lowest BCUT2D eigenvalue weighted by Crippen LogP contribution is -2.22. The Morgan fingerprint density at radius 1 is 0.773 bits per heavy atom. The highest BCUT2D eigenvalue weighted by Gasteiger charge is 2.06. The van der Waals surface area contributed by atoms with Gasteiger partial charge in [0, 0.05) is 0 Å². The Labute approximate surface area is 138 Å². The van der Waals surface area contributed by atoms with Crippen molar-refractivity contribution >= 4 is 0 Å². The monoisotopic (exact) mass is 316 g/mol. The van der Waals surface area contributed by atoms with E-state index in [1.165, 1.54) is 77.0 Å². The average molecular weight is 317 g/mol. The van der Waals surface area contributed by atoms with Crippen molar-refractivity contribution in [3.05, 3.63) is 0 Å². The van der Waals surface area contributed by atoms with Crippen LogP contribution in [-0.2, 0) is 4.74 Å². The summed E-state index contributed by atoms with van der Waals surface area (Å²) in [5.41, 5.74) is 0. The summed E-state index contributed by atoms with van der Waals surface area (Å²) >= 11 is 0. The number of rotatable bonds is 17. The quantitative estimate of drug-likeness (QED) is 0.378. The molecule has 0 fully saturated rings. The molecule has 0 amide bonds. The van der Waals surface area contributed by atoms with Crippen LogP contribution in [0.25, 0.3) is 0 Å². The van der Waals surface area contributed by atoms with Crippen LogP contribution < -0.4 is 0 Å². The molecule has 0 aliphatic carbocycles. The normalized spacial score (nSPS) is 14.2. The second-order valence-electron chi connectivity index (χ2n) is 6.66. The van der Waals surface area contributed by atoms with E-state index in [9.17, 15) is 5.11 Å². The Bertz CT molecular complexity index is 209. The van der Waals surface area contributed by atoms with E-state index in [0.29, 0.717) is 0 Å². The SMILES string of the molecule is CCCCCCCCCCCCCCC(C)OC[C@@H](O)CO. The van der Waals surface area contributed by atoms with Gasteiger partial charge >= 0.3 is 0 Å². The fourth-order valence-electron chi connectivity index (χ4n) is 2.68. The second-order valence-corrected chi connectivity index (χ2v) is 6.66. The van der Waals surface area contributed by atoms with Crippen LogP contribution in [0.15, 0.2) is 0 Å². The molecule has 0 spiro atoms. The first kappa shape index (κ1) is 21.9. The van der Waals surface area contributed by atoms with E-state index in [1.54, 1.807) is 0 Å². The number of unbranched alkanes of at least 4 members (excludes halogenated alkanes) is 11. The first-order chi connectivity index (χ1) is 10.7. The standard InChI is InChI=1S/C19H40O3/c1-3-4-5-6-7-8-9-10-11-12-13-14-15-18(2)22-17-19(21)16-20/h18-21H,3-17H2,1-2H3/t18?,19-/m0/s1. The molecular weight excluding hydrogens is 276 g/mol. The predicted molar refractivity (Wildman–Crippen MR) is 94.2 cm³/mol. The van der Waals surface area contributed by atoms with Gasteiger partial charge in [-0.2, -0.15) is 0 Å². The Morgan fingerprint density at radius 2 is 1.23 bits per heavy atom. The molecule has 0 aliphatic rings. The molecule has 0 radical (unpaired) electrons. The number of ether oxygens (including phenoxy) is 1. The van der Waals surface area contributed by atoms with Crippen molar-refractivity contribution < 1.29 is 14.9 Å². The van der Waals surface area contributed by atoms with E-state index in [4.69, 9.17) is 9.84 Å². The molecule has 0 saturated carbocycles. The van der Waals surface area contributed by atoms with E-state index < -0.39 is 6.10 Å². The van der Waals surface area contributed by atoms with Crippen molar-refractivity contribution in [2.24, 2.45) is 0 Å². The molecule has 22 heavy (non-hydrogen) atoms. The van der Waals surface area contributed by atoms with Crippen molar-refractivity contribution in [2.75, 3.05) is 13.2 Å². The molecule has 0 bridgehead atoms. The van der Waals surface area contributed by atoms with E-state index in [-0.39, 0.29) is 19.3 Å². The largest absolute Gasteiger partial charge is 0.394 e. The molecule has 134 valence electrons. The highest BCUT2D eigenvalue weighted by Crippen LogP contribution is 2.13. The van der Waals surface area contributed by atoms with Crippen LogP contribution in [0, 0.1) is 0 Å². The van der Waals surface area contributed by atoms with Gasteiger partial charge < -0.3 is 14.9 Å². The highest BCUT2D eigenvalue weighted by atomic mass is 16.5. The highest BCUT2D eigenvalue weighted by molar-refractivity contribution is 4.56. The summed E-state index contributed by atoms with van der Waals surface area (Å²) in [5, 5.41) is 17.9. The fourth-order valence-corrected chi connectivity index (χ4v) is 2.68.